The van der Waals surface area contributed by atoms with Gasteiger partial charge in [-0.05, 0) is 0 Å². The van der Waals surface area contributed by atoms with E-state index in [1.165, 1.54) is 0 Å². The van der Waals surface area contributed by atoms with Gasteiger partial charge >= 0.3 is 163 Å². The van der Waals surface area contributed by atoms with Gasteiger partial charge in [-0.25, -0.2) is 0 Å². The molecule has 0 saturated heterocycles. The Labute approximate surface area is 162 Å². The van der Waals surface area contributed by atoms with Crippen molar-refractivity contribution in [3.8, 4) is 0 Å². The van der Waals surface area contributed by atoms with Crippen LogP contribution in [0, 0.1) is 36.2 Å². The minimum absolute atomic E-state index is 0.153. The second-order valence-corrected chi connectivity index (χ2v) is 11.1. The summed E-state index contributed by atoms with van der Waals surface area (Å²) in [5.74, 6) is -0.305. The van der Waals surface area contributed by atoms with Gasteiger partial charge in [-0.1, -0.05) is 0 Å². The normalized spacial score (nSPS) is 9.92. The van der Waals surface area contributed by atoms with E-state index in [0.29, 0.717) is 11.1 Å². The fourth-order valence-corrected chi connectivity index (χ4v) is 7.42. The summed E-state index contributed by atoms with van der Waals surface area (Å²) in [6, 6.07) is 27.8. The molecule has 0 heterocycles. The zero-order valence-electron chi connectivity index (χ0n) is 13.5. The zero-order valence-corrected chi connectivity index (χ0v) is 16.6. The molecule has 0 aliphatic rings. The van der Waals surface area contributed by atoms with Crippen LogP contribution in [-0.2, 0) is 0 Å². The van der Waals surface area contributed by atoms with Gasteiger partial charge in [-0.15, -0.1) is 0 Å². The number of hydrogen-bond acceptors (Lipinski definition) is 2. The Bertz CT molecular complexity index is 786. The average Bonchev–Trinajstić information content (AvgIpc) is 2.69. The van der Waals surface area contributed by atoms with Gasteiger partial charge in [0.2, 0.25) is 0 Å². The van der Waals surface area contributed by atoms with E-state index in [0.717, 1.165) is 1.08 Å². The van der Waals surface area contributed by atoms with Gasteiger partial charge in [-0.3, -0.25) is 0 Å². The molecule has 0 bridgehead atoms. The summed E-state index contributed by atoms with van der Waals surface area (Å²) < 4.78 is 7.20. The van der Waals surface area contributed by atoms with Crippen molar-refractivity contribution in [1.29, 1.82) is 0 Å². The van der Waals surface area contributed by atoms with Crippen molar-refractivity contribution < 1.29 is 45.8 Å². The van der Waals surface area contributed by atoms with Crippen molar-refractivity contribution in [2.24, 2.45) is 0 Å². The van der Waals surface area contributed by atoms with E-state index in [4.69, 9.17) is 0 Å². The van der Waals surface area contributed by atoms with Crippen LogP contribution in [0.15, 0.2) is 91.0 Å². The van der Waals surface area contributed by atoms with E-state index in [9.17, 15) is 9.59 Å². The van der Waals surface area contributed by atoms with E-state index in [-0.39, 0.29) is 11.8 Å². The molecule has 0 aromatic heterocycles. The van der Waals surface area contributed by atoms with Crippen LogP contribution in [0.5, 0.6) is 0 Å². The standard InChI is InChI=1S/2C7H7NO.C6H5.Ce/c2*8-7(9)6-4-2-1-3-5-6;1-2-4-6-5-3-1;/h2*1-5H,(H2,8,9);1-5H;/q;;;+2/p-2. The first-order chi connectivity index (χ1) is 12.2. The van der Waals surface area contributed by atoms with Gasteiger partial charge in [-0.2, -0.15) is 0 Å². The molecule has 3 aromatic rings. The van der Waals surface area contributed by atoms with Crippen LogP contribution in [0.2, 0.25) is 0 Å². The Morgan fingerprint density at radius 1 is 0.560 bits per heavy atom. The third kappa shape index (κ3) is 4.98. The minimum atomic E-state index is -3.11. The summed E-state index contributed by atoms with van der Waals surface area (Å²) >= 11 is -3.11. The van der Waals surface area contributed by atoms with Crippen LogP contribution in [-0.4, -0.2) is 11.8 Å². The quantitative estimate of drug-likeness (QED) is 0.619. The van der Waals surface area contributed by atoms with Crippen LogP contribution in [0.4, 0.5) is 0 Å². The molecule has 0 spiro atoms. The van der Waals surface area contributed by atoms with Crippen LogP contribution >= 0.6 is 0 Å². The van der Waals surface area contributed by atoms with E-state index in [2.05, 4.69) is 2.56 Å². The van der Waals surface area contributed by atoms with Gasteiger partial charge in [0.05, 0.1) is 0 Å². The van der Waals surface area contributed by atoms with Crippen molar-refractivity contribution in [2.45, 2.75) is 0 Å². The third-order valence-electron chi connectivity index (χ3n) is 3.61. The Kier molecular flexibility index (Phi) is 6.33. The zero-order chi connectivity index (χ0) is 17.5. The number of carbonyl (C=O) groups is 2. The fourth-order valence-electron chi connectivity index (χ4n) is 2.33. The Hall–Kier alpha value is -2.02. The SMILES string of the molecule is O=C([NH][Ce]([NH]C(=O)c1ccccc1)[c]1ccccc1)c1ccccc1. The first-order valence-corrected chi connectivity index (χ1v) is 12.6. The van der Waals surface area contributed by atoms with Crippen LogP contribution < -0.4 is 3.64 Å². The molecule has 123 valence electrons. The first-order valence-electron chi connectivity index (χ1n) is 7.89. The van der Waals surface area contributed by atoms with Crippen molar-refractivity contribution in [3.05, 3.63) is 102 Å². The molecule has 0 atom stereocenters. The van der Waals surface area contributed by atoms with Crippen molar-refractivity contribution in [3.63, 3.8) is 0 Å². The Balaban J connectivity index is 1.81. The predicted molar refractivity (Wildman–Crippen MR) is 93.9 cm³/mol. The molecule has 5 heteroatoms. The van der Waals surface area contributed by atoms with Crippen molar-refractivity contribution >= 4 is 12.9 Å². The van der Waals surface area contributed by atoms with E-state index >= 15 is 0 Å². The van der Waals surface area contributed by atoms with Crippen molar-refractivity contribution in [1.82, 2.24) is 2.56 Å². The predicted octanol–water partition coefficient (Wildman–Crippen LogP) is 2.62. The average molecular weight is 457 g/mol. The molecule has 3 aromatic carbocycles. The second-order valence-electron chi connectivity index (χ2n) is 5.38. The number of amides is 2. The first kappa shape index (κ1) is 17.8. The molecular weight excluding hydrogens is 440 g/mol. The number of carbonyl (C=O) groups excluding carboxylic acids is 2. The monoisotopic (exact) mass is 457 g/mol. The van der Waals surface area contributed by atoms with Gasteiger partial charge in [0.15, 0.2) is 0 Å². The van der Waals surface area contributed by atoms with E-state index in [1.807, 2.05) is 66.7 Å². The van der Waals surface area contributed by atoms with Crippen LogP contribution in [0.25, 0.3) is 0 Å². The van der Waals surface area contributed by atoms with Gasteiger partial charge in [0.1, 0.15) is 0 Å². The molecule has 0 fully saturated rings. The summed E-state index contributed by atoms with van der Waals surface area (Å²) in [7, 11) is 0. The maximum absolute atomic E-state index is 12.5. The summed E-state index contributed by atoms with van der Waals surface area (Å²) in [4.78, 5) is 25.1. The van der Waals surface area contributed by atoms with Gasteiger partial charge in [0.25, 0.3) is 0 Å². The van der Waals surface area contributed by atoms with Crippen LogP contribution in [0.1, 0.15) is 20.7 Å². The summed E-state index contributed by atoms with van der Waals surface area (Å²) in [6.45, 7) is 0. The van der Waals surface area contributed by atoms with Crippen molar-refractivity contribution in [2.75, 3.05) is 0 Å². The molecule has 3 rings (SSSR count). The molecule has 0 unspecified atom stereocenters. The Morgan fingerprint density at radius 3 is 1.32 bits per heavy atom. The third-order valence-corrected chi connectivity index (χ3v) is 9.47. The molecule has 0 radical (unpaired) electrons. The summed E-state index contributed by atoms with van der Waals surface area (Å²) in [5.41, 5.74) is 1.18. The second kappa shape index (κ2) is 8.89. The molecule has 0 aliphatic carbocycles. The summed E-state index contributed by atoms with van der Waals surface area (Å²) in [6.07, 6.45) is 0. The molecule has 4 nitrogen and oxygen atoms in total. The number of nitrogens with one attached hydrogen (secondary N) is 2. The maximum atomic E-state index is 12.5. The molecule has 0 aliphatic heterocycles. The number of hydrogen-bond donors (Lipinski definition) is 2. The van der Waals surface area contributed by atoms with Gasteiger partial charge in [0, 0.05) is 0 Å². The molecule has 25 heavy (non-hydrogen) atoms. The van der Waals surface area contributed by atoms with Crippen LogP contribution in [0.3, 0.4) is 0 Å². The number of benzene rings is 3. The topological polar surface area (TPSA) is 58.2 Å². The van der Waals surface area contributed by atoms with E-state index < -0.39 is 36.2 Å². The number of rotatable bonds is 5. The van der Waals surface area contributed by atoms with E-state index in [1.54, 1.807) is 24.3 Å². The Morgan fingerprint density at radius 2 is 0.920 bits per heavy atom. The molecule has 0 saturated carbocycles. The van der Waals surface area contributed by atoms with Gasteiger partial charge < -0.3 is 0 Å². The molecular formula is C20H17CeN2O2. The molecule has 2 N–H and O–H groups in total. The molecule has 2 amide bonds. The fraction of sp³-hybridized carbons (Fsp3) is 0. The summed E-state index contributed by atoms with van der Waals surface area (Å²) in [5, 5.41) is 0.